The summed E-state index contributed by atoms with van der Waals surface area (Å²) in [4.78, 5) is 2.49. The number of nitrogens with zero attached hydrogens (tertiary/aromatic N) is 1. The van der Waals surface area contributed by atoms with Gasteiger partial charge >= 0.3 is 0 Å². The maximum Gasteiger partial charge on any atom is 0.253 e. The molecule has 3 heterocycles. The van der Waals surface area contributed by atoms with Crippen molar-refractivity contribution in [3.05, 3.63) is 95.6 Å². The van der Waals surface area contributed by atoms with E-state index in [1.54, 1.807) is 0 Å². The number of para-hydroxylation sites is 1. The fourth-order valence-electron chi connectivity index (χ4n) is 6.43. The zero-order chi connectivity index (χ0) is 26.6. The highest BCUT2D eigenvalue weighted by molar-refractivity contribution is 7.02. The van der Waals surface area contributed by atoms with E-state index in [0.29, 0.717) is 0 Å². The van der Waals surface area contributed by atoms with E-state index in [9.17, 15) is 0 Å². The van der Waals surface area contributed by atoms with Crippen LogP contribution in [0, 0.1) is 6.92 Å². The standard InChI is InChI=1S/C35H34BNO/c1-21-18-26-31-29(19-21)37(24-15-12-22(13-16-24)34(2,3)4)28-20-23(35(5,6)7)14-17-27(28)36(31)32-25-10-8-9-11-30(25)38-33(26)32/h8-20H,1-7H3. The van der Waals surface area contributed by atoms with Gasteiger partial charge in [0.05, 0.1) is 0 Å². The first-order valence-corrected chi connectivity index (χ1v) is 13.7. The van der Waals surface area contributed by atoms with E-state index in [0.717, 1.165) is 11.3 Å². The van der Waals surface area contributed by atoms with Crippen molar-refractivity contribution < 1.29 is 4.42 Å². The minimum atomic E-state index is 0.0536. The lowest BCUT2D eigenvalue weighted by Gasteiger charge is -2.37. The second-order valence-electron chi connectivity index (χ2n) is 13.2. The van der Waals surface area contributed by atoms with Crippen LogP contribution in [0.1, 0.15) is 58.2 Å². The number of hydrogen-bond acceptors (Lipinski definition) is 2. The van der Waals surface area contributed by atoms with E-state index < -0.39 is 0 Å². The molecule has 5 aromatic rings. The predicted octanol–water partition coefficient (Wildman–Crippen LogP) is 7.62. The van der Waals surface area contributed by atoms with Gasteiger partial charge in [0.15, 0.2) is 0 Å². The molecular weight excluding hydrogens is 461 g/mol. The fraction of sp³-hybridized carbons (Fsp3) is 0.257. The third-order valence-electron chi connectivity index (χ3n) is 8.44. The number of hydrogen-bond donors (Lipinski definition) is 0. The molecule has 1 aromatic heterocycles. The first-order chi connectivity index (χ1) is 18.0. The molecule has 0 bridgehead atoms. The molecule has 0 atom stereocenters. The van der Waals surface area contributed by atoms with E-state index >= 15 is 0 Å². The van der Waals surface area contributed by atoms with Gasteiger partial charge in [-0.05, 0) is 87.2 Å². The van der Waals surface area contributed by atoms with Gasteiger partial charge in [0.25, 0.3) is 6.71 Å². The summed E-state index contributed by atoms with van der Waals surface area (Å²) < 4.78 is 6.58. The van der Waals surface area contributed by atoms with Crippen molar-refractivity contribution in [2.45, 2.75) is 59.3 Å². The highest BCUT2D eigenvalue weighted by Crippen LogP contribution is 2.44. The minimum absolute atomic E-state index is 0.0536. The lowest BCUT2D eigenvalue weighted by molar-refractivity contribution is 0.590. The SMILES string of the molecule is Cc1cc2c3c(c1)N(c1ccc(C(C)(C)C)cc1)c1cc(C(C)(C)C)ccc1B3c1c-2oc2ccccc12. The van der Waals surface area contributed by atoms with Gasteiger partial charge in [-0.15, -0.1) is 0 Å². The van der Waals surface area contributed by atoms with Gasteiger partial charge in [0, 0.05) is 28.0 Å². The van der Waals surface area contributed by atoms with Crippen LogP contribution >= 0.6 is 0 Å². The molecule has 2 nitrogen and oxygen atoms in total. The summed E-state index contributed by atoms with van der Waals surface area (Å²) in [5.74, 6) is 1.03. The molecule has 0 fully saturated rings. The van der Waals surface area contributed by atoms with Crippen molar-refractivity contribution in [3.63, 3.8) is 0 Å². The summed E-state index contributed by atoms with van der Waals surface area (Å²) in [5, 5.41) is 1.22. The number of aryl methyl sites for hydroxylation is 1. The summed E-state index contributed by atoms with van der Waals surface area (Å²) in [7, 11) is 0. The van der Waals surface area contributed by atoms with Crippen LogP contribution < -0.4 is 21.3 Å². The van der Waals surface area contributed by atoms with E-state index in [-0.39, 0.29) is 17.5 Å². The Morgan fingerprint density at radius 2 is 1.37 bits per heavy atom. The zero-order valence-electron chi connectivity index (χ0n) is 23.4. The third-order valence-corrected chi connectivity index (χ3v) is 8.44. The molecule has 2 aliphatic heterocycles. The average Bonchev–Trinajstić information content (AvgIpc) is 3.39. The molecule has 0 amide bonds. The summed E-state index contributed by atoms with van der Waals surface area (Å²) in [6, 6.07) is 29.5. The second-order valence-corrected chi connectivity index (χ2v) is 13.2. The third kappa shape index (κ3) is 3.27. The Hall–Kier alpha value is -3.72. The molecule has 0 saturated heterocycles. The largest absolute Gasteiger partial charge is 0.457 e. The summed E-state index contributed by atoms with van der Waals surface area (Å²) in [5.41, 5.74) is 14.1. The first kappa shape index (κ1) is 23.4. The lowest BCUT2D eigenvalue weighted by atomic mass is 9.37. The number of fused-ring (bicyclic) bond motifs is 7. The minimum Gasteiger partial charge on any atom is -0.457 e. The van der Waals surface area contributed by atoms with Crippen LogP contribution in [0.5, 0.6) is 0 Å². The molecule has 0 saturated carbocycles. The van der Waals surface area contributed by atoms with E-state index in [1.165, 1.54) is 61.1 Å². The van der Waals surface area contributed by atoms with Gasteiger partial charge in [-0.25, -0.2) is 0 Å². The average molecular weight is 495 g/mol. The summed E-state index contributed by atoms with van der Waals surface area (Å²) in [6.07, 6.45) is 0. The Labute approximate surface area is 226 Å². The monoisotopic (exact) mass is 495 g/mol. The van der Waals surface area contributed by atoms with Crippen LogP contribution in [0.15, 0.2) is 83.3 Å². The molecule has 4 aromatic carbocycles. The highest BCUT2D eigenvalue weighted by atomic mass is 16.3. The molecule has 2 aliphatic rings. The van der Waals surface area contributed by atoms with Crippen LogP contribution in [-0.4, -0.2) is 6.71 Å². The molecule has 7 rings (SSSR count). The van der Waals surface area contributed by atoms with Crippen molar-refractivity contribution in [3.8, 4) is 11.3 Å². The Morgan fingerprint density at radius 3 is 2.08 bits per heavy atom. The van der Waals surface area contributed by atoms with Crippen molar-refractivity contribution >= 4 is 51.1 Å². The molecule has 188 valence electrons. The molecule has 0 N–H and O–H groups in total. The number of anilines is 3. The van der Waals surface area contributed by atoms with Gasteiger partial charge in [-0.2, -0.15) is 0 Å². The Bertz CT molecular complexity index is 1740. The van der Waals surface area contributed by atoms with Gasteiger partial charge in [-0.3, -0.25) is 0 Å². The van der Waals surface area contributed by atoms with Crippen molar-refractivity contribution in [2.75, 3.05) is 4.90 Å². The van der Waals surface area contributed by atoms with Crippen LogP contribution in [0.25, 0.3) is 22.3 Å². The van der Waals surface area contributed by atoms with Crippen LogP contribution in [-0.2, 0) is 10.8 Å². The Balaban J connectivity index is 1.55. The molecule has 3 heteroatoms. The van der Waals surface area contributed by atoms with Crippen LogP contribution in [0.3, 0.4) is 0 Å². The highest BCUT2D eigenvalue weighted by Gasteiger charge is 2.45. The van der Waals surface area contributed by atoms with Gasteiger partial charge in [0.2, 0.25) is 0 Å². The smallest absolute Gasteiger partial charge is 0.253 e. The summed E-state index contributed by atoms with van der Waals surface area (Å²) in [6.45, 7) is 16.1. The zero-order valence-corrected chi connectivity index (χ0v) is 23.4. The Kier molecular flexibility index (Phi) is 4.72. The number of furan rings is 1. The van der Waals surface area contributed by atoms with E-state index in [1.807, 2.05) is 0 Å². The predicted molar refractivity (Wildman–Crippen MR) is 163 cm³/mol. The fourth-order valence-corrected chi connectivity index (χ4v) is 6.43. The normalized spacial score (nSPS) is 14.1. The van der Waals surface area contributed by atoms with Gasteiger partial charge < -0.3 is 9.32 Å². The van der Waals surface area contributed by atoms with Crippen LogP contribution in [0.4, 0.5) is 17.1 Å². The van der Waals surface area contributed by atoms with E-state index in [4.69, 9.17) is 4.42 Å². The quantitative estimate of drug-likeness (QED) is 0.218. The van der Waals surface area contributed by atoms with Crippen molar-refractivity contribution in [2.24, 2.45) is 0 Å². The topological polar surface area (TPSA) is 16.4 Å². The number of rotatable bonds is 1. The first-order valence-electron chi connectivity index (χ1n) is 13.7. The maximum atomic E-state index is 6.58. The van der Waals surface area contributed by atoms with Crippen LogP contribution in [0.2, 0.25) is 0 Å². The second kappa shape index (κ2) is 7.66. The van der Waals surface area contributed by atoms with Crippen molar-refractivity contribution in [1.29, 1.82) is 0 Å². The Morgan fingerprint density at radius 1 is 0.684 bits per heavy atom. The van der Waals surface area contributed by atoms with Crippen molar-refractivity contribution in [1.82, 2.24) is 0 Å². The molecule has 0 aliphatic carbocycles. The number of benzene rings is 4. The summed E-state index contributed by atoms with van der Waals surface area (Å²) >= 11 is 0. The molecule has 0 radical (unpaired) electrons. The molecule has 38 heavy (non-hydrogen) atoms. The van der Waals surface area contributed by atoms with Gasteiger partial charge in [0.1, 0.15) is 11.3 Å². The maximum absolute atomic E-state index is 6.58. The molecular formula is C35H34BNO. The van der Waals surface area contributed by atoms with E-state index in [2.05, 4.69) is 132 Å². The molecule has 0 spiro atoms. The lowest BCUT2D eigenvalue weighted by Crippen LogP contribution is -2.54. The van der Waals surface area contributed by atoms with Gasteiger partial charge in [-0.1, -0.05) is 84.0 Å². The molecule has 0 unspecified atom stereocenters.